The summed E-state index contributed by atoms with van der Waals surface area (Å²) in [6.45, 7) is 5.37. The van der Waals surface area contributed by atoms with Gasteiger partial charge in [-0.15, -0.1) is 0 Å². The minimum atomic E-state index is -0.697. The maximum Gasteiger partial charge on any atom is 0.274 e. The standard InChI is InChI=1S/C22H27N3O3/c1-16(2)12-14-23-19(26)11-7-15-25-21-18(10-6-13-24-21)28-20(22(25)27)17-8-4-3-5-9-17/h3-6,8-10,13,16,20H,7,11-12,14-15H2,1-2H3,(H,23,26)/t20-/m0/s1. The molecule has 0 saturated heterocycles. The number of hydrogen-bond acceptors (Lipinski definition) is 4. The first-order valence-electron chi connectivity index (χ1n) is 9.81. The van der Waals surface area contributed by atoms with Crippen LogP contribution < -0.4 is 15.0 Å². The summed E-state index contributed by atoms with van der Waals surface area (Å²) >= 11 is 0. The van der Waals surface area contributed by atoms with Crippen molar-refractivity contribution in [2.24, 2.45) is 5.92 Å². The van der Waals surface area contributed by atoms with Crippen molar-refractivity contribution in [2.45, 2.75) is 39.2 Å². The van der Waals surface area contributed by atoms with Crippen molar-refractivity contribution in [1.82, 2.24) is 10.3 Å². The molecule has 2 heterocycles. The molecule has 0 aliphatic carbocycles. The molecule has 1 aliphatic rings. The number of carbonyl (C=O) groups is 2. The van der Waals surface area contributed by atoms with Gasteiger partial charge in [-0.25, -0.2) is 4.98 Å². The molecule has 2 amide bonds. The van der Waals surface area contributed by atoms with Crippen LogP contribution in [0.4, 0.5) is 5.82 Å². The molecular weight excluding hydrogens is 354 g/mol. The van der Waals surface area contributed by atoms with Gasteiger partial charge in [-0.05, 0) is 30.9 Å². The maximum atomic E-state index is 13.1. The quantitative estimate of drug-likeness (QED) is 0.760. The highest BCUT2D eigenvalue weighted by Gasteiger charge is 2.36. The Hall–Kier alpha value is -2.89. The van der Waals surface area contributed by atoms with Gasteiger partial charge in [0.05, 0.1) is 0 Å². The summed E-state index contributed by atoms with van der Waals surface area (Å²) in [5, 5.41) is 2.93. The van der Waals surface area contributed by atoms with Crippen LogP contribution in [0.25, 0.3) is 0 Å². The Balaban J connectivity index is 1.65. The summed E-state index contributed by atoms with van der Waals surface area (Å²) in [7, 11) is 0. The van der Waals surface area contributed by atoms with Crippen LogP contribution in [0.1, 0.15) is 44.8 Å². The second-order valence-electron chi connectivity index (χ2n) is 7.36. The molecule has 1 aromatic heterocycles. The maximum absolute atomic E-state index is 13.1. The van der Waals surface area contributed by atoms with E-state index in [1.165, 1.54) is 0 Å². The molecule has 6 heteroatoms. The van der Waals surface area contributed by atoms with E-state index in [-0.39, 0.29) is 11.8 Å². The molecule has 28 heavy (non-hydrogen) atoms. The van der Waals surface area contributed by atoms with E-state index in [1.54, 1.807) is 17.2 Å². The van der Waals surface area contributed by atoms with Crippen molar-refractivity contribution in [1.29, 1.82) is 0 Å². The third-order valence-corrected chi connectivity index (χ3v) is 4.67. The molecule has 2 aromatic rings. The van der Waals surface area contributed by atoms with E-state index in [2.05, 4.69) is 24.1 Å². The number of anilines is 1. The smallest absolute Gasteiger partial charge is 0.274 e. The van der Waals surface area contributed by atoms with E-state index >= 15 is 0 Å². The van der Waals surface area contributed by atoms with Gasteiger partial charge in [0.1, 0.15) is 0 Å². The van der Waals surface area contributed by atoms with Crippen LogP contribution in [-0.2, 0) is 9.59 Å². The zero-order valence-electron chi connectivity index (χ0n) is 16.4. The Bertz CT molecular complexity index is 808. The normalized spacial score (nSPS) is 15.9. The molecule has 0 radical (unpaired) electrons. The summed E-state index contributed by atoms with van der Waals surface area (Å²) in [5.41, 5.74) is 0.804. The monoisotopic (exact) mass is 381 g/mol. The lowest BCUT2D eigenvalue weighted by Gasteiger charge is -2.33. The number of ether oxygens (including phenoxy) is 1. The number of fused-ring (bicyclic) bond motifs is 1. The van der Waals surface area contributed by atoms with E-state index in [4.69, 9.17) is 4.74 Å². The van der Waals surface area contributed by atoms with Gasteiger partial charge in [-0.1, -0.05) is 44.2 Å². The zero-order chi connectivity index (χ0) is 19.9. The van der Waals surface area contributed by atoms with Crippen molar-refractivity contribution >= 4 is 17.6 Å². The molecule has 1 N–H and O–H groups in total. The molecule has 0 unspecified atom stereocenters. The molecule has 0 fully saturated rings. The number of nitrogens with one attached hydrogen (secondary N) is 1. The molecule has 0 spiro atoms. The molecule has 1 aliphatic heterocycles. The number of aromatic nitrogens is 1. The topological polar surface area (TPSA) is 71.5 Å². The van der Waals surface area contributed by atoms with E-state index in [9.17, 15) is 9.59 Å². The number of pyridine rings is 1. The first-order chi connectivity index (χ1) is 13.6. The number of amides is 2. The van der Waals surface area contributed by atoms with Gasteiger partial charge >= 0.3 is 0 Å². The van der Waals surface area contributed by atoms with Gasteiger partial charge in [0, 0.05) is 31.3 Å². The summed E-state index contributed by atoms with van der Waals surface area (Å²) in [6.07, 6.45) is 2.85. The molecule has 0 bridgehead atoms. The fourth-order valence-electron chi connectivity index (χ4n) is 3.14. The predicted octanol–water partition coefficient (Wildman–Crippen LogP) is 3.49. The highest BCUT2D eigenvalue weighted by atomic mass is 16.5. The summed E-state index contributed by atoms with van der Waals surface area (Å²) in [5.74, 6) is 1.51. The molecule has 1 aromatic carbocycles. The highest BCUT2D eigenvalue weighted by Crippen LogP contribution is 2.37. The third kappa shape index (κ3) is 4.88. The Morgan fingerprint density at radius 3 is 2.75 bits per heavy atom. The van der Waals surface area contributed by atoms with Gasteiger partial charge in [-0.3, -0.25) is 14.5 Å². The molecule has 1 atom stereocenters. The number of hydrogen-bond donors (Lipinski definition) is 1. The fourth-order valence-corrected chi connectivity index (χ4v) is 3.14. The number of carbonyl (C=O) groups excluding carboxylic acids is 2. The fraction of sp³-hybridized carbons (Fsp3) is 0.409. The zero-order valence-corrected chi connectivity index (χ0v) is 16.4. The molecule has 0 saturated carbocycles. The van der Waals surface area contributed by atoms with E-state index in [0.29, 0.717) is 43.4 Å². The Morgan fingerprint density at radius 2 is 2.00 bits per heavy atom. The van der Waals surface area contributed by atoms with Crippen LogP contribution in [0.15, 0.2) is 48.7 Å². The first-order valence-corrected chi connectivity index (χ1v) is 9.81. The highest BCUT2D eigenvalue weighted by molar-refractivity contribution is 5.99. The largest absolute Gasteiger partial charge is 0.472 e. The lowest BCUT2D eigenvalue weighted by molar-refractivity contribution is -0.127. The van der Waals surface area contributed by atoms with Gasteiger partial charge in [0.25, 0.3) is 5.91 Å². The van der Waals surface area contributed by atoms with Crippen LogP contribution in [0.2, 0.25) is 0 Å². The number of nitrogens with zero attached hydrogens (tertiary/aromatic N) is 2. The predicted molar refractivity (Wildman–Crippen MR) is 108 cm³/mol. The van der Waals surface area contributed by atoms with Crippen LogP contribution in [0.3, 0.4) is 0 Å². The average molecular weight is 381 g/mol. The van der Waals surface area contributed by atoms with Crippen LogP contribution >= 0.6 is 0 Å². The second-order valence-corrected chi connectivity index (χ2v) is 7.36. The Kier molecular flexibility index (Phi) is 6.63. The second kappa shape index (κ2) is 9.35. The number of rotatable bonds is 8. The minimum Gasteiger partial charge on any atom is -0.472 e. The van der Waals surface area contributed by atoms with Crippen molar-refractivity contribution in [2.75, 3.05) is 18.0 Å². The van der Waals surface area contributed by atoms with Gasteiger partial charge in [-0.2, -0.15) is 0 Å². The van der Waals surface area contributed by atoms with Crippen molar-refractivity contribution in [3.63, 3.8) is 0 Å². The Morgan fingerprint density at radius 1 is 1.21 bits per heavy atom. The average Bonchev–Trinajstić information content (AvgIpc) is 2.69. The van der Waals surface area contributed by atoms with E-state index in [1.807, 2.05) is 36.4 Å². The molecular formula is C22H27N3O3. The van der Waals surface area contributed by atoms with Crippen molar-refractivity contribution in [3.05, 3.63) is 54.2 Å². The van der Waals surface area contributed by atoms with Crippen LogP contribution in [0, 0.1) is 5.92 Å². The molecule has 6 nitrogen and oxygen atoms in total. The first kappa shape index (κ1) is 19.9. The van der Waals surface area contributed by atoms with Crippen molar-refractivity contribution < 1.29 is 14.3 Å². The van der Waals surface area contributed by atoms with E-state index in [0.717, 1.165) is 12.0 Å². The molecule has 3 rings (SSSR count). The van der Waals surface area contributed by atoms with Crippen LogP contribution in [0.5, 0.6) is 5.75 Å². The number of benzene rings is 1. The van der Waals surface area contributed by atoms with Gasteiger partial charge in [0.2, 0.25) is 12.0 Å². The lowest BCUT2D eigenvalue weighted by atomic mass is 10.1. The molecule has 148 valence electrons. The van der Waals surface area contributed by atoms with Crippen molar-refractivity contribution in [3.8, 4) is 5.75 Å². The minimum absolute atomic E-state index is 0.0159. The van der Waals surface area contributed by atoms with Crippen LogP contribution in [-0.4, -0.2) is 29.9 Å². The van der Waals surface area contributed by atoms with Gasteiger partial charge in [0.15, 0.2) is 11.6 Å². The summed E-state index contributed by atoms with van der Waals surface area (Å²) < 4.78 is 5.93. The SMILES string of the molecule is CC(C)CCNC(=O)CCCN1C(=O)[C@H](c2ccccc2)Oc2cccnc21. The van der Waals surface area contributed by atoms with Gasteiger partial charge < -0.3 is 10.1 Å². The summed E-state index contributed by atoms with van der Waals surface area (Å²) in [6, 6.07) is 13.0. The lowest BCUT2D eigenvalue weighted by Crippen LogP contribution is -2.42. The Labute approximate surface area is 165 Å². The summed E-state index contributed by atoms with van der Waals surface area (Å²) in [4.78, 5) is 31.1. The third-order valence-electron chi connectivity index (χ3n) is 4.67. The van der Waals surface area contributed by atoms with E-state index < -0.39 is 6.10 Å².